The molecule has 0 radical (unpaired) electrons. The van der Waals surface area contributed by atoms with E-state index in [1.54, 1.807) is 0 Å². The van der Waals surface area contributed by atoms with Crippen LogP contribution in [0.4, 0.5) is 0 Å². The molecule has 0 unspecified atom stereocenters. The molecular formula is C14H22N2. The van der Waals surface area contributed by atoms with Gasteiger partial charge in [0.25, 0.3) is 0 Å². The van der Waals surface area contributed by atoms with Crippen LogP contribution < -0.4 is 5.32 Å². The first-order valence-corrected chi connectivity index (χ1v) is 6.39. The SMILES string of the molecule is CCNCCN(Cc1ccccc1)C1CC1. The largest absolute Gasteiger partial charge is 0.316 e. The van der Waals surface area contributed by atoms with Crippen molar-refractivity contribution < 1.29 is 0 Å². The summed E-state index contributed by atoms with van der Waals surface area (Å²) in [6.45, 7) is 6.63. The Kier molecular flexibility index (Phi) is 4.37. The molecule has 2 nitrogen and oxygen atoms in total. The molecule has 0 spiro atoms. The summed E-state index contributed by atoms with van der Waals surface area (Å²) in [4.78, 5) is 2.61. The highest BCUT2D eigenvalue weighted by Crippen LogP contribution is 2.27. The molecule has 0 saturated heterocycles. The lowest BCUT2D eigenvalue weighted by Crippen LogP contribution is -2.33. The number of hydrogen-bond acceptors (Lipinski definition) is 2. The van der Waals surface area contributed by atoms with Gasteiger partial charge in [0.2, 0.25) is 0 Å². The molecule has 2 heteroatoms. The Bertz CT molecular complexity index is 293. The van der Waals surface area contributed by atoms with Crippen LogP contribution in [-0.4, -0.2) is 30.6 Å². The van der Waals surface area contributed by atoms with Crippen LogP contribution in [0.5, 0.6) is 0 Å². The molecular weight excluding hydrogens is 196 g/mol. The van der Waals surface area contributed by atoms with Gasteiger partial charge in [-0.2, -0.15) is 0 Å². The van der Waals surface area contributed by atoms with Gasteiger partial charge in [-0.15, -0.1) is 0 Å². The summed E-state index contributed by atoms with van der Waals surface area (Å²) < 4.78 is 0. The number of nitrogens with zero attached hydrogens (tertiary/aromatic N) is 1. The number of benzene rings is 1. The average Bonchev–Trinajstić information content (AvgIpc) is 3.13. The molecule has 1 saturated carbocycles. The minimum absolute atomic E-state index is 0.846. The summed E-state index contributed by atoms with van der Waals surface area (Å²) in [6, 6.07) is 11.6. The zero-order valence-corrected chi connectivity index (χ0v) is 10.2. The lowest BCUT2D eigenvalue weighted by molar-refractivity contribution is 0.255. The summed E-state index contributed by atoms with van der Waals surface area (Å²) in [5, 5.41) is 3.41. The molecule has 0 heterocycles. The van der Waals surface area contributed by atoms with Crippen LogP contribution >= 0.6 is 0 Å². The van der Waals surface area contributed by atoms with Crippen LogP contribution in [0.3, 0.4) is 0 Å². The van der Waals surface area contributed by atoms with Crippen molar-refractivity contribution in [2.45, 2.75) is 32.4 Å². The summed E-state index contributed by atoms with van der Waals surface area (Å²) in [5.74, 6) is 0. The summed E-state index contributed by atoms with van der Waals surface area (Å²) in [6.07, 6.45) is 2.78. The van der Waals surface area contributed by atoms with Crippen LogP contribution in [0.1, 0.15) is 25.3 Å². The molecule has 1 aliphatic carbocycles. The molecule has 1 fully saturated rings. The van der Waals surface area contributed by atoms with Crippen LogP contribution in [0.15, 0.2) is 30.3 Å². The van der Waals surface area contributed by atoms with E-state index in [4.69, 9.17) is 0 Å². The average molecular weight is 218 g/mol. The minimum Gasteiger partial charge on any atom is -0.316 e. The van der Waals surface area contributed by atoms with Crippen molar-refractivity contribution in [2.24, 2.45) is 0 Å². The molecule has 1 aromatic rings. The number of likely N-dealkylation sites (N-methyl/N-ethyl adjacent to an activating group) is 1. The van der Waals surface area contributed by atoms with Gasteiger partial charge in [0, 0.05) is 25.7 Å². The Morgan fingerprint density at radius 2 is 2.00 bits per heavy atom. The van der Waals surface area contributed by atoms with Crippen LogP contribution in [0.25, 0.3) is 0 Å². The van der Waals surface area contributed by atoms with Gasteiger partial charge >= 0.3 is 0 Å². The first-order valence-electron chi connectivity index (χ1n) is 6.39. The number of nitrogens with one attached hydrogen (secondary N) is 1. The van der Waals surface area contributed by atoms with Crippen molar-refractivity contribution in [1.82, 2.24) is 10.2 Å². The van der Waals surface area contributed by atoms with Gasteiger partial charge in [-0.05, 0) is 24.9 Å². The molecule has 1 aliphatic rings. The van der Waals surface area contributed by atoms with Crippen molar-refractivity contribution in [3.8, 4) is 0 Å². The number of rotatable bonds is 7. The minimum atomic E-state index is 0.846. The van der Waals surface area contributed by atoms with E-state index in [0.717, 1.165) is 25.7 Å². The normalized spacial score (nSPS) is 15.6. The van der Waals surface area contributed by atoms with Gasteiger partial charge in [0.1, 0.15) is 0 Å². The maximum atomic E-state index is 3.41. The Labute approximate surface area is 98.7 Å². The summed E-state index contributed by atoms with van der Waals surface area (Å²) >= 11 is 0. The van der Waals surface area contributed by atoms with Crippen LogP contribution in [-0.2, 0) is 6.54 Å². The molecule has 1 N–H and O–H groups in total. The lowest BCUT2D eigenvalue weighted by Gasteiger charge is -2.22. The highest BCUT2D eigenvalue weighted by atomic mass is 15.2. The molecule has 0 atom stereocenters. The zero-order valence-electron chi connectivity index (χ0n) is 10.2. The van der Waals surface area contributed by atoms with E-state index in [1.807, 2.05) is 0 Å². The Hall–Kier alpha value is -0.860. The van der Waals surface area contributed by atoms with E-state index in [1.165, 1.54) is 24.9 Å². The van der Waals surface area contributed by atoms with Gasteiger partial charge in [0.05, 0.1) is 0 Å². The predicted molar refractivity (Wildman–Crippen MR) is 68.4 cm³/mol. The molecule has 2 rings (SSSR count). The topological polar surface area (TPSA) is 15.3 Å². The van der Waals surface area contributed by atoms with E-state index in [0.29, 0.717) is 0 Å². The van der Waals surface area contributed by atoms with Gasteiger partial charge in [-0.25, -0.2) is 0 Å². The standard InChI is InChI=1S/C14H22N2/c1-2-15-10-11-16(14-8-9-14)12-13-6-4-3-5-7-13/h3-7,14-15H,2,8-12H2,1H3. The molecule has 16 heavy (non-hydrogen) atoms. The lowest BCUT2D eigenvalue weighted by atomic mass is 10.2. The smallest absolute Gasteiger partial charge is 0.0237 e. The third kappa shape index (κ3) is 3.62. The maximum absolute atomic E-state index is 3.41. The van der Waals surface area contributed by atoms with Crippen molar-refractivity contribution in [3.05, 3.63) is 35.9 Å². The van der Waals surface area contributed by atoms with E-state index in [9.17, 15) is 0 Å². The Balaban J connectivity index is 1.83. The summed E-state index contributed by atoms with van der Waals surface area (Å²) in [5.41, 5.74) is 1.44. The van der Waals surface area contributed by atoms with E-state index >= 15 is 0 Å². The molecule has 0 amide bonds. The van der Waals surface area contributed by atoms with E-state index < -0.39 is 0 Å². The van der Waals surface area contributed by atoms with Crippen LogP contribution in [0, 0.1) is 0 Å². The van der Waals surface area contributed by atoms with Gasteiger partial charge in [-0.1, -0.05) is 37.3 Å². The highest BCUT2D eigenvalue weighted by molar-refractivity contribution is 5.14. The second-order valence-corrected chi connectivity index (χ2v) is 4.54. The fourth-order valence-electron chi connectivity index (χ4n) is 2.05. The van der Waals surface area contributed by atoms with Crippen LogP contribution in [0.2, 0.25) is 0 Å². The summed E-state index contributed by atoms with van der Waals surface area (Å²) in [7, 11) is 0. The van der Waals surface area contributed by atoms with E-state index in [2.05, 4.69) is 47.5 Å². The van der Waals surface area contributed by atoms with E-state index in [-0.39, 0.29) is 0 Å². The highest BCUT2D eigenvalue weighted by Gasteiger charge is 2.28. The predicted octanol–water partition coefficient (Wildman–Crippen LogP) is 2.26. The maximum Gasteiger partial charge on any atom is 0.0237 e. The molecule has 0 bridgehead atoms. The second kappa shape index (κ2) is 6.02. The van der Waals surface area contributed by atoms with Gasteiger partial charge < -0.3 is 5.32 Å². The molecule has 0 aromatic heterocycles. The molecule has 1 aromatic carbocycles. The third-order valence-corrected chi connectivity index (χ3v) is 3.12. The Morgan fingerprint density at radius 3 is 2.62 bits per heavy atom. The third-order valence-electron chi connectivity index (χ3n) is 3.12. The zero-order chi connectivity index (χ0) is 11.2. The molecule has 88 valence electrons. The van der Waals surface area contributed by atoms with Gasteiger partial charge in [0.15, 0.2) is 0 Å². The quantitative estimate of drug-likeness (QED) is 0.706. The van der Waals surface area contributed by atoms with Crippen molar-refractivity contribution in [3.63, 3.8) is 0 Å². The first kappa shape index (κ1) is 11.6. The van der Waals surface area contributed by atoms with Crippen molar-refractivity contribution in [2.75, 3.05) is 19.6 Å². The van der Waals surface area contributed by atoms with Gasteiger partial charge in [-0.3, -0.25) is 4.90 Å². The fraction of sp³-hybridized carbons (Fsp3) is 0.571. The van der Waals surface area contributed by atoms with Crippen molar-refractivity contribution >= 4 is 0 Å². The fourth-order valence-corrected chi connectivity index (χ4v) is 2.05. The number of hydrogen-bond donors (Lipinski definition) is 1. The monoisotopic (exact) mass is 218 g/mol. The first-order chi connectivity index (χ1) is 7.90. The van der Waals surface area contributed by atoms with Crippen molar-refractivity contribution in [1.29, 1.82) is 0 Å². The molecule has 0 aliphatic heterocycles. The second-order valence-electron chi connectivity index (χ2n) is 4.54. The Morgan fingerprint density at radius 1 is 1.25 bits per heavy atom.